The number of nitrogens with one attached hydrogen (secondary N) is 1. The van der Waals surface area contributed by atoms with Gasteiger partial charge < -0.3 is 54.2 Å². The van der Waals surface area contributed by atoms with Crippen molar-refractivity contribution in [3.63, 3.8) is 0 Å². The van der Waals surface area contributed by atoms with Crippen molar-refractivity contribution >= 4 is 41.7 Å². The number of hydrogen-bond acceptors (Lipinski definition) is 17. The van der Waals surface area contributed by atoms with Crippen molar-refractivity contribution in [1.82, 2.24) is 10.2 Å². The lowest BCUT2D eigenvalue weighted by Crippen LogP contribution is -2.81. The first-order valence-corrected chi connectivity index (χ1v) is 24.0. The van der Waals surface area contributed by atoms with Gasteiger partial charge in [0.1, 0.15) is 47.7 Å². The topological polar surface area (TPSA) is 271 Å². The predicted octanol–water partition coefficient (Wildman–Crippen LogP) is 4.39. The molecule has 3 aliphatic carbocycles. The highest BCUT2D eigenvalue weighted by atomic mass is 16.6. The maximum absolute atomic E-state index is 15.3. The van der Waals surface area contributed by atoms with Gasteiger partial charge in [0.05, 0.1) is 29.6 Å². The van der Waals surface area contributed by atoms with E-state index < -0.39 is 137 Å². The quantitative estimate of drug-likeness (QED) is 0.0887. The molecule has 1 heterocycles. The molecule has 0 unspecified atom stereocenters. The minimum atomic E-state index is -2.47. The molecule has 1 saturated heterocycles. The van der Waals surface area contributed by atoms with Gasteiger partial charge in [-0.3, -0.25) is 24.1 Å². The number of alkyl carbamates (subject to hydrolysis) is 1. The normalized spacial score (nSPS) is 30.1. The van der Waals surface area contributed by atoms with E-state index in [1.807, 2.05) is 0 Å². The van der Waals surface area contributed by atoms with Crippen LogP contribution in [0.2, 0.25) is 0 Å². The fourth-order valence-corrected chi connectivity index (χ4v) is 11.2. The molecule has 5 N–H and O–H groups in total. The summed E-state index contributed by atoms with van der Waals surface area (Å²) >= 11 is 0. The predicted molar refractivity (Wildman–Crippen MR) is 251 cm³/mol. The zero-order chi connectivity index (χ0) is 52.6. The number of carboxylic acid groups (broad SMARTS) is 1. The molecule has 2 aromatic carbocycles. The van der Waals surface area contributed by atoms with Crippen molar-refractivity contribution in [3.05, 3.63) is 82.9 Å². The average molecular weight is 993 g/mol. The number of hydrogen-bond donors (Lipinski definition) is 5. The number of rotatable bonds is 16. The molecule has 71 heavy (non-hydrogen) atoms. The van der Waals surface area contributed by atoms with Gasteiger partial charge in [-0.15, -0.1) is 0 Å². The molecule has 2 aromatic rings. The van der Waals surface area contributed by atoms with Crippen molar-refractivity contribution in [2.75, 3.05) is 19.7 Å². The molecule has 6 rings (SSSR count). The fourth-order valence-electron chi connectivity index (χ4n) is 11.2. The van der Waals surface area contributed by atoms with Crippen LogP contribution in [0.15, 0.2) is 71.8 Å². The molecule has 1 amide bonds. The van der Waals surface area contributed by atoms with Crippen LogP contribution in [0, 0.1) is 16.7 Å². The van der Waals surface area contributed by atoms with Crippen LogP contribution in [-0.4, -0.2) is 146 Å². The monoisotopic (exact) mass is 992 g/mol. The number of carbonyl (C=O) groups is 7. The number of nitrogens with zero attached hydrogens (tertiary/aromatic N) is 1. The van der Waals surface area contributed by atoms with Crippen molar-refractivity contribution in [2.24, 2.45) is 16.7 Å². The largest absolute Gasteiger partial charge is 0.481 e. The van der Waals surface area contributed by atoms with E-state index in [-0.39, 0.29) is 54.8 Å². The molecule has 12 atom stereocenters. The first kappa shape index (κ1) is 54.6. The van der Waals surface area contributed by atoms with E-state index in [1.54, 1.807) is 88.0 Å². The molecule has 1 aliphatic heterocycles. The highest BCUT2D eigenvalue weighted by Crippen LogP contribution is 2.64. The van der Waals surface area contributed by atoms with Crippen LogP contribution in [0.3, 0.4) is 0 Å². The maximum Gasteiger partial charge on any atom is 0.408 e. The molecule has 2 saturated carbocycles. The summed E-state index contributed by atoms with van der Waals surface area (Å²) in [5.74, 6) is -7.84. The first-order chi connectivity index (χ1) is 33.2. The molecule has 0 radical (unpaired) electrons. The Balaban J connectivity index is 1.54. The number of fused-ring (bicyclic) bond motifs is 5. The number of esters is 4. The molecular weight excluding hydrogens is 925 g/mol. The summed E-state index contributed by atoms with van der Waals surface area (Å²) in [4.78, 5) is 99.6. The van der Waals surface area contributed by atoms with Crippen LogP contribution >= 0.6 is 0 Å². The van der Waals surface area contributed by atoms with Crippen LogP contribution in [0.4, 0.5) is 4.79 Å². The van der Waals surface area contributed by atoms with E-state index in [4.69, 9.17) is 28.4 Å². The zero-order valence-electron chi connectivity index (χ0n) is 42.0. The zero-order valence-corrected chi connectivity index (χ0v) is 42.0. The van der Waals surface area contributed by atoms with Gasteiger partial charge in [0.2, 0.25) is 6.10 Å². The Labute approximate surface area is 413 Å². The van der Waals surface area contributed by atoms with Crippen LogP contribution in [0.1, 0.15) is 117 Å². The molecule has 4 aliphatic rings. The van der Waals surface area contributed by atoms with Crippen molar-refractivity contribution in [2.45, 2.75) is 160 Å². The Kier molecular flexibility index (Phi) is 16.0. The second kappa shape index (κ2) is 20.8. The van der Waals surface area contributed by atoms with E-state index in [9.17, 15) is 44.4 Å². The number of ketones is 1. The van der Waals surface area contributed by atoms with Gasteiger partial charge in [-0.1, -0.05) is 76.2 Å². The van der Waals surface area contributed by atoms with Gasteiger partial charge in [0.15, 0.2) is 11.4 Å². The number of aliphatic hydroxyl groups is 3. The van der Waals surface area contributed by atoms with Gasteiger partial charge >= 0.3 is 35.9 Å². The summed E-state index contributed by atoms with van der Waals surface area (Å²) in [6.45, 7) is 15.6. The minimum absolute atomic E-state index is 0.0366. The number of benzene rings is 2. The molecular formula is C52H68N2O17. The average Bonchev–Trinajstić information content (AvgIpc) is 3.29. The number of aliphatic hydroxyl groups excluding tert-OH is 2. The van der Waals surface area contributed by atoms with Gasteiger partial charge in [-0.25, -0.2) is 14.4 Å². The Morgan fingerprint density at radius 1 is 0.915 bits per heavy atom. The third-order valence-electron chi connectivity index (χ3n) is 14.9. The van der Waals surface area contributed by atoms with Crippen molar-refractivity contribution < 1.29 is 82.4 Å². The lowest BCUT2D eigenvalue weighted by atomic mass is 9.44. The lowest BCUT2D eigenvalue weighted by Gasteiger charge is -2.67. The molecule has 19 nitrogen and oxygen atoms in total. The third-order valence-corrected chi connectivity index (χ3v) is 14.9. The summed E-state index contributed by atoms with van der Waals surface area (Å²) < 4.78 is 36.4. The van der Waals surface area contributed by atoms with Gasteiger partial charge in [-0.2, -0.15) is 0 Å². The van der Waals surface area contributed by atoms with Crippen molar-refractivity contribution in [3.8, 4) is 0 Å². The summed E-state index contributed by atoms with van der Waals surface area (Å²) in [5, 5.41) is 50.6. The number of amides is 1. The molecule has 3 fully saturated rings. The van der Waals surface area contributed by atoms with Gasteiger partial charge in [0.25, 0.3) is 0 Å². The van der Waals surface area contributed by atoms with Crippen LogP contribution in [0.25, 0.3) is 0 Å². The summed E-state index contributed by atoms with van der Waals surface area (Å²) in [5.41, 5.74) is -8.91. The highest BCUT2D eigenvalue weighted by Gasteiger charge is 2.78. The van der Waals surface area contributed by atoms with Crippen LogP contribution in [0.5, 0.6) is 0 Å². The summed E-state index contributed by atoms with van der Waals surface area (Å²) in [7, 11) is 0. The number of Topliss-reactive ketones (excluding diaryl/α,β-unsaturated/α-hetero) is 1. The van der Waals surface area contributed by atoms with Crippen LogP contribution < -0.4 is 5.32 Å². The highest BCUT2D eigenvalue weighted by molar-refractivity contribution is 5.94. The first-order valence-electron chi connectivity index (χ1n) is 24.0. The second-order valence-corrected chi connectivity index (χ2v) is 20.7. The second-order valence-electron chi connectivity index (χ2n) is 20.7. The van der Waals surface area contributed by atoms with Gasteiger partial charge in [0, 0.05) is 31.6 Å². The maximum atomic E-state index is 15.3. The fraction of sp³-hybridized carbons (Fsp3) is 0.596. The number of likely N-dealkylation sites (N-methyl/N-ethyl adjacent to an activating group) is 1. The number of carboxylic acids is 1. The van der Waals surface area contributed by atoms with E-state index in [0.717, 1.165) is 6.92 Å². The van der Waals surface area contributed by atoms with Crippen LogP contribution in [-0.2, 0) is 52.4 Å². The van der Waals surface area contributed by atoms with E-state index in [2.05, 4.69) is 5.32 Å². The molecule has 19 heteroatoms. The summed E-state index contributed by atoms with van der Waals surface area (Å²) in [6, 6.07) is 13.0. The van der Waals surface area contributed by atoms with Gasteiger partial charge in [-0.05, 0) is 83.0 Å². The number of ether oxygens (including phenoxy) is 6. The van der Waals surface area contributed by atoms with Crippen molar-refractivity contribution in [1.29, 1.82) is 0 Å². The summed E-state index contributed by atoms with van der Waals surface area (Å²) in [6.07, 6.45) is -12.8. The Morgan fingerprint density at radius 2 is 1.52 bits per heavy atom. The lowest BCUT2D eigenvalue weighted by molar-refractivity contribution is -0.346. The smallest absolute Gasteiger partial charge is 0.408 e. The molecule has 0 spiro atoms. The Bertz CT molecular complexity index is 2380. The third kappa shape index (κ3) is 10.3. The Morgan fingerprint density at radius 3 is 2.06 bits per heavy atom. The van der Waals surface area contributed by atoms with E-state index in [1.165, 1.54) is 39.8 Å². The SMILES string of the molecule is CCN(CC)[C@@H](CCC(=O)O)C(=O)O[C@@H](C(=O)O[C@H]1C[C@@]2(O)[C@@H](OC(=O)c3ccccc3)[C@@H]3[C@]4(OC(C)=O)CO[C@@H]4C[C@H](O)[C@@]3(C)C(=O)[C@H](O)C(=C1C)C2(C)C)[C@@H](NC(=O)OC(C)(C)C)c1ccccc1. The minimum Gasteiger partial charge on any atom is -0.481 e. The number of aliphatic carboxylic acids is 1. The standard InChI is InChI=1S/C52H68N2O17/c1-11-54(12-2)32(23-24-36(57)58)45(62)68-40(38(30-19-15-13-16-20-30)53-47(64)71-48(5,6)7)46(63)67-33-26-52(65)43(69-44(61)31-21-17-14-18-22-31)41-50(10,42(60)39(59)37(28(33)3)49(52,8)9)34(56)25-35-51(41,27-66-35)70-29(4)55/h13-22,32-35,38-41,43,56,59,65H,11-12,23-27H2,1-10H3,(H,53,64)(H,57,58)/t32-,33-,34-,35+,38-,39+,40+,41-,43-,50+,51-,52+/m0/s1. The Hall–Kier alpha value is -5.73. The van der Waals surface area contributed by atoms with E-state index >= 15 is 9.59 Å². The molecule has 388 valence electrons. The molecule has 2 bridgehead atoms. The van der Waals surface area contributed by atoms with E-state index in [0.29, 0.717) is 0 Å². The number of carbonyl (C=O) groups excluding carboxylic acids is 6. The molecule has 0 aromatic heterocycles.